The molecule has 2 aromatic rings. The third kappa shape index (κ3) is 5.20. The molecule has 0 spiro atoms. The highest BCUT2D eigenvalue weighted by Crippen LogP contribution is 2.19. The third-order valence-corrected chi connectivity index (χ3v) is 4.89. The zero-order chi connectivity index (χ0) is 19.9. The summed E-state index contributed by atoms with van der Waals surface area (Å²) in [7, 11) is 0. The smallest absolute Gasteiger partial charge is 0.251 e. The highest BCUT2D eigenvalue weighted by Gasteiger charge is 2.28. The number of carbonyl (C=O) groups is 2. The maximum atomic E-state index is 12.9. The molecule has 0 bridgehead atoms. The molecule has 5 nitrogen and oxygen atoms in total. The quantitative estimate of drug-likeness (QED) is 0.836. The Morgan fingerprint density at radius 3 is 2.18 bits per heavy atom. The first-order valence-corrected chi connectivity index (χ1v) is 9.87. The molecule has 1 heterocycles. The molecule has 0 aromatic heterocycles. The van der Waals surface area contributed by atoms with Gasteiger partial charge in [0.05, 0.1) is 13.2 Å². The van der Waals surface area contributed by atoms with Gasteiger partial charge in [0.15, 0.2) is 0 Å². The van der Waals surface area contributed by atoms with E-state index in [1.54, 1.807) is 4.90 Å². The SMILES string of the molecule is CC(C)C[C@@H](NC(=O)c1ccc(-c2ccccc2)cc1)C(=O)N1CCOCC1. The Labute approximate surface area is 166 Å². The van der Waals surface area contributed by atoms with Crippen molar-refractivity contribution in [3.8, 4) is 11.1 Å². The lowest BCUT2D eigenvalue weighted by atomic mass is 10.0. The van der Waals surface area contributed by atoms with Gasteiger partial charge in [-0.15, -0.1) is 0 Å². The van der Waals surface area contributed by atoms with Crippen molar-refractivity contribution in [1.82, 2.24) is 10.2 Å². The summed E-state index contributed by atoms with van der Waals surface area (Å²) < 4.78 is 5.33. The minimum atomic E-state index is -0.514. The minimum Gasteiger partial charge on any atom is -0.378 e. The van der Waals surface area contributed by atoms with Crippen molar-refractivity contribution in [1.29, 1.82) is 0 Å². The molecule has 148 valence electrons. The number of nitrogens with zero attached hydrogens (tertiary/aromatic N) is 1. The Bertz CT molecular complexity index is 781. The van der Waals surface area contributed by atoms with Crippen LogP contribution in [0.1, 0.15) is 30.6 Å². The summed E-state index contributed by atoms with van der Waals surface area (Å²) in [6, 6.07) is 17.0. The molecule has 5 heteroatoms. The molecule has 0 unspecified atom stereocenters. The van der Waals surface area contributed by atoms with E-state index in [9.17, 15) is 9.59 Å². The van der Waals surface area contributed by atoms with E-state index in [1.807, 2.05) is 54.6 Å². The van der Waals surface area contributed by atoms with Crippen LogP contribution in [0.15, 0.2) is 54.6 Å². The second-order valence-corrected chi connectivity index (χ2v) is 7.54. The molecule has 1 fully saturated rings. The fourth-order valence-electron chi connectivity index (χ4n) is 3.38. The monoisotopic (exact) mass is 380 g/mol. The van der Waals surface area contributed by atoms with E-state index >= 15 is 0 Å². The molecule has 2 amide bonds. The molecule has 1 aliphatic heterocycles. The van der Waals surface area contributed by atoms with Crippen LogP contribution >= 0.6 is 0 Å². The Kier molecular flexibility index (Phi) is 6.82. The first-order valence-electron chi connectivity index (χ1n) is 9.87. The molecule has 0 saturated carbocycles. The summed E-state index contributed by atoms with van der Waals surface area (Å²) >= 11 is 0. The lowest BCUT2D eigenvalue weighted by Crippen LogP contribution is -2.52. The van der Waals surface area contributed by atoms with E-state index in [0.29, 0.717) is 44.2 Å². The van der Waals surface area contributed by atoms with Gasteiger partial charge in [0, 0.05) is 18.7 Å². The average molecular weight is 380 g/mol. The van der Waals surface area contributed by atoms with Crippen LogP contribution in [0.25, 0.3) is 11.1 Å². The van der Waals surface area contributed by atoms with Gasteiger partial charge in [0.25, 0.3) is 5.91 Å². The zero-order valence-corrected chi connectivity index (χ0v) is 16.6. The second-order valence-electron chi connectivity index (χ2n) is 7.54. The number of nitrogens with one attached hydrogen (secondary N) is 1. The summed E-state index contributed by atoms with van der Waals surface area (Å²) in [6.07, 6.45) is 0.615. The van der Waals surface area contributed by atoms with Crippen molar-refractivity contribution in [3.05, 3.63) is 60.2 Å². The zero-order valence-electron chi connectivity index (χ0n) is 16.6. The van der Waals surface area contributed by atoms with Gasteiger partial charge in [0.2, 0.25) is 5.91 Å². The van der Waals surface area contributed by atoms with E-state index in [2.05, 4.69) is 19.2 Å². The van der Waals surface area contributed by atoms with Crippen LogP contribution in [0.5, 0.6) is 0 Å². The van der Waals surface area contributed by atoms with Gasteiger partial charge in [-0.05, 0) is 35.6 Å². The minimum absolute atomic E-state index is 0.0220. The highest BCUT2D eigenvalue weighted by molar-refractivity contribution is 5.98. The Morgan fingerprint density at radius 1 is 0.964 bits per heavy atom. The first-order chi connectivity index (χ1) is 13.5. The number of benzene rings is 2. The van der Waals surface area contributed by atoms with Crippen LogP contribution in [-0.4, -0.2) is 49.1 Å². The van der Waals surface area contributed by atoms with Crippen molar-refractivity contribution in [3.63, 3.8) is 0 Å². The Balaban J connectivity index is 1.69. The largest absolute Gasteiger partial charge is 0.378 e. The van der Waals surface area contributed by atoms with Gasteiger partial charge in [-0.3, -0.25) is 9.59 Å². The fourth-order valence-corrected chi connectivity index (χ4v) is 3.38. The number of ether oxygens (including phenoxy) is 1. The van der Waals surface area contributed by atoms with Crippen molar-refractivity contribution in [2.24, 2.45) is 5.92 Å². The van der Waals surface area contributed by atoms with E-state index in [0.717, 1.165) is 11.1 Å². The van der Waals surface area contributed by atoms with Gasteiger partial charge >= 0.3 is 0 Å². The molecule has 0 aliphatic carbocycles. The molecule has 1 saturated heterocycles. The molecular weight excluding hydrogens is 352 g/mol. The number of hydrogen-bond acceptors (Lipinski definition) is 3. The number of hydrogen-bond donors (Lipinski definition) is 1. The molecule has 1 atom stereocenters. The van der Waals surface area contributed by atoms with Crippen LogP contribution < -0.4 is 5.32 Å². The highest BCUT2D eigenvalue weighted by atomic mass is 16.5. The molecule has 1 N–H and O–H groups in total. The van der Waals surface area contributed by atoms with Gasteiger partial charge in [-0.1, -0.05) is 56.3 Å². The topological polar surface area (TPSA) is 58.6 Å². The van der Waals surface area contributed by atoms with E-state index in [-0.39, 0.29) is 11.8 Å². The normalized spacial score (nSPS) is 15.3. The Morgan fingerprint density at radius 2 is 1.57 bits per heavy atom. The fraction of sp³-hybridized carbons (Fsp3) is 0.391. The van der Waals surface area contributed by atoms with Crippen LogP contribution in [0.4, 0.5) is 0 Å². The van der Waals surface area contributed by atoms with Crippen molar-refractivity contribution in [2.75, 3.05) is 26.3 Å². The first kappa shape index (κ1) is 20.1. The summed E-state index contributed by atoms with van der Waals surface area (Å²) in [4.78, 5) is 27.4. The van der Waals surface area contributed by atoms with Gasteiger partial charge in [-0.25, -0.2) is 0 Å². The van der Waals surface area contributed by atoms with Crippen LogP contribution in [0, 0.1) is 5.92 Å². The van der Waals surface area contributed by atoms with Crippen molar-refractivity contribution in [2.45, 2.75) is 26.3 Å². The summed E-state index contributed by atoms with van der Waals surface area (Å²) in [6.45, 7) is 6.37. The lowest BCUT2D eigenvalue weighted by molar-refractivity contribution is -0.137. The number of carbonyl (C=O) groups excluding carboxylic acids is 2. The molecule has 28 heavy (non-hydrogen) atoms. The van der Waals surface area contributed by atoms with Gasteiger partial charge < -0.3 is 15.0 Å². The van der Waals surface area contributed by atoms with Gasteiger partial charge in [0.1, 0.15) is 6.04 Å². The average Bonchev–Trinajstić information content (AvgIpc) is 2.74. The molecule has 2 aromatic carbocycles. The predicted molar refractivity (Wildman–Crippen MR) is 110 cm³/mol. The summed E-state index contributed by atoms with van der Waals surface area (Å²) in [5.74, 6) is 0.0638. The molecule has 1 aliphatic rings. The molecule has 0 radical (unpaired) electrons. The third-order valence-electron chi connectivity index (χ3n) is 4.89. The van der Waals surface area contributed by atoms with Crippen LogP contribution in [0.3, 0.4) is 0 Å². The van der Waals surface area contributed by atoms with Crippen LogP contribution in [-0.2, 0) is 9.53 Å². The van der Waals surface area contributed by atoms with E-state index in [4.69, 9.17) is 4.74 Å². The Hall–Kier alpha value is -2.66. The predicted octanol–water partition coefficient (Wildman–Crippen LogP) is 3.36. The number of rotatable bonds is 6. The van der Waals surface area contributed by atoms with Crippen LogP contribution in [0.2, 0.25) is 0 Å². The standard InChI is InChI=1S/C23H28N2O3/c1-17(2)16-21(23(27)25-12-14-28-15-13-25)24-22(26)20-10-8-19(9-11-20)18-6-4-3-5-7-18/h3-11,17,21H,12-16H2,1-2H3,(H,24,26)/t21-/m1/s1. The van der Waals surface area contributed by atoms with Gasteiger partial charge in [-0.2, -0.15) is 0 Å². The van der Waals surface area contributed by atoms with E-state index < -0.39 is 6.04 Å². The second kappa shape index (κ2) is 9.51. The maximum absolute atomic E-state index is 12.9. The maximum Gasteiger partial charge on any atom is 0.251 e. The lowest BCUT2D eigenvalue weighted by Gasteiger charge is -2.31. The summed E-state index contributed by atoms with van der Waals surface area (Å²) in [5, 5.41) is 2.95. The van der Waals surface area contributed by atoms with Crippen molar-refractivity contribution >= 4 is 11.8 Å². The van der Waals surface area contributed by atoms with E-state index in [1.165, 1.54) is 0 Å². The number of morpholine rings is 1. The number of amides is 2. The summed E-state index contributed by atoms with van der Waals surface area (Å²) in [5.41, 5.74) is 2.72. The molecular formula is C23H28N2O3. The molecule has 3 rings (SSSR count). The van der Waals surface area contributed by atoms with Crippen molar-refractivity contribution < 1.29 is 14.3 Å².